The summed E-state index contributed by atoms with van der Waals surface area (Å²) in [6.45, 7) is 11.5. The zero-order chi connectivity index (χ0) is 28.3. The van der Waals surface area contributed by atoms with Crippen molar-refractivity contribution in [2.45, 2.75) is 110 Å². The monoisotopic (exact) mass is 552 g/mol. The molecule has 1 spiro atoms. The number of hydrogen-bond acceptors (Lipinski definition) is 10. The van der Waals surface area contributed by atoms with Crippen LogP contribution >= 0.6 is 0 Å². The van der Waals surface area contributed by atoms with E-state index >= 15 is 0 Å². The fourth-order valence-electron chi connectivity index (χ4n) is 8.29. The third-order valence-electron chi connectivity index (χ3n) is 10.9. The van der Waals surface area contributed by atoms with Gasteiger partial charge in [0.15, 0.2) is 12.4 Å². The van der Waals surface area contributed by atoms with Crippen molar-refractivity contribution in [1.82, 2.24) is 0 Å². The lowest BCUT2D eigenvalue weighted by Crippen LogP contribution is -2.74. The second kappa shape index (κ2) is 10.3. The third kappa shape index (κ3) is 4.41. The van der Waals surface area contributed by atoms with Gasteiger partial charge >= 0.3 is 17.9 Å². The molecule has 12 atom stereocenters. The van der Waals surface area contributed by atoms with Crippen molar-refractivity contribution in [3.8, 4) is 0 Å². The summed E-state index contributed by atoms with van der Waals surface area (Å²) >= 11 is 0. The van der Waals surface area contributed by atoms with E-state index in [1.807, 2.05) is 6.92 Å². The summed E-state index contributed by atoms with van der Waals surface area (Å²) in [6, 6.07) is 0. The van der Waals surface area contributed by atoms with E-state index < -0.39 is 52.7 Å². The molecule has 0 bridgehead atoms. The summed E-state index contributed by atoms with van der Waals surface area (Å²) in [5.74, 6) is -1.70. The molecule has 0 radical (unpaired) electrons. The number of epoxide rings is 1. The first-order valence-electron chi connectivity index (χ1n) is 14.5. The van der Waals surface area contributed by atoms with E-state index in [1.54, 1.807) is 6.92 Å². The summed E-state index contributed by atoms with van der Waals surface area (Å²) < 4.78 is 36.4. The molecule has 5 aliphatic rings. The van der Waals surface area contributed by atoms with Crippen LogP contribution in [0.15, 0.2) is 0 Å². The number of esters is 3. The maximum atomic E-state index is 13.0. The van der Waals surface area contributed by atoms with Gasteiger partial charge in [-0.05, 0) is 43.9 Å². The van der Waals surface area contributed by atoms with Gasteiger partial charge in [-0.2, -0.15) is 0 Å². The largest absolute Gasteiger partial charge is 0.465 e. The maximum Gasteiger partial charge on any atom is 0.309 e. The molecule has 3 aliphatic heterocycles. The number of aliphatic hydroxyl groups excluding tert-OH is 1. The van der Waals surface area contributed by atoms with Gasteiger partial charge in [0.05, 0.1) is 36.8 Å². The number of fused-ring (bicyclic) bond motifs is 3. The minimum absolute atomic E-state index is 0.0309. The Morgan fingerprint density at radius 2 is 1.82 bits per heavy atom. The third-order valence-corrected chi connectivity index (χ3v) is 10.9. The Morgan fingerprint density at radius 3 is 2.41 bits per heavy atom. The van der Waals surface area contributed by atoms with Crippen LogP contribution < -0.4 is 0 Å². The SMILES string of the molecule is CCC(C)C(=O)OC1[C@H](O)CC2[C@@](C)(C3CC4CCOC4O3)[C@H](C)C[C@H](OC(C)=O)[C@@]2(COC(C)=O)[C@@]12CO2. The van der Waals surface area contributed by atoms with Crippen LogP contribution in [0.1, 0.15) is 73.6 Å². The molecule has 220 valence electrons. The molecular weight excluding hydrogens is 508 g/mol. The predicted octanol–water partition coefficient (Wildman–Crippen LogP) is 2.77. The molecule has 2 aliphatic carbocycles. The summed E-state index contributed by atoms with van der Waals surface area (Å²) in [7, 11) is 0. The van der Waals surface area contributed by atoms with Crippen molar-refractivity contribution >= 4 is 17.9 Å². The van der Waals surface area contributed by atoms with Gasteiger partial charge in [-0.15, -0.1) is 0 Å². The Labute approximate surface area is 230 Å². The summed E-state index contributed by atoms with van der Waals surface area (Å²) in [5.41, 5.74) is -2.75. The highest BCUT2D eigenvalue weighted by Crippen LogP contribution is 2.70. The van der Waals surface area contributed by atoms with Crippen LogP contribution in [0.2, 0.25) is 0 Å². The molecule has 5 fully saturated rings. The molecule has 5 rings (SSSR count). The quantitative estimate of drug-likeness (QED) is 0.286. The number of hydrogen-bond donors (Lipinski definition) is 1. The lowest BCUT2D eigenvalue weighted by molar-refractivity contribution is -0.285. The van der Waals surface area contributed by atoms with Crippen molar-refractivity contribution < 1.29 is 47.9 Å². The van der Waals surface area contributed by atoms with Crippen molar-refractivity contribution in [3.05, 3.63) is 0 Å². The molecule has 3 saturated heterocycles. The highest BCUT2D eigenvalue weighted by molar-refractivity contribution is 5.72. The molecule has 0 aromatic carbocycles. The van der Waals surface area contributed by atoms with Crippen molar-refractivity contribution in [3.63, 3.8) is 0 Å². The Hall–Kier alpha value is -1.75. The van der Waals surface area contributed by atoms with Gasteiger partial charge in [0.2, 0.25) is 0 Å². The average Bonchev–Trinajstić information content (AvgIpc) is 3.36. The van der Waals surface area contributed by atoms with Crippen LogP contribution in [-0.2, 0) is 42.8 Å². The summed E-state index contributed by atoms with van der Waals surface area (Å²) in [4.78, 5) is 37.7. The minimum Gasteiger partial charge on any atom is -0.465 e. The normalized spacial score (nSPS) is 47.2. The number of rotatable bonds is 7. The molecule has 1 N–H and O–H groups in total. The van der Waals surface area contributed by atoms with E-state index in [1.165, 1.54) is 13.8 Å². The van der Waals surface area contributed by atoms with Crippen LogP contribution in [-0.4, -0.2) is 79.1 Å². The van der Waals surface area contributed by atoms with Crippen molar-refractivity contribution in [2.75, 3.05) is 19.8 Å². The van der Waals surface area contributed by atoms with E-state index in [0.29, 0.717) is 25.4 Å². The van der Waals surface area contributed by atoms with Gasteiger partial charge in [-0.25, -0.2) is 0 Å². The van der Waals surface area contributed by atoms with E-state index in [-0.39, 0.29) is 49.8 Å². The van der Waals surface area contributed by atoms with Crippen LogP contribution in [0.25, 0.3) is 0 Å². The Balaban J connectivity index is 1.62. The van der Waals surface area contributed by atoms with Gasteiger partial charge in [-0.3, -0.25) is 14.4 Å². The summed E-state index contributed by atoms with van der Waals surface area (Å²) in [6.07, 6.45) is -0.0393. The van der Waals surface area contributed by atoms with E-state index in [2.05, 4.69) is 13.8 Å². The summed E-state index contributed by atoms with van der Waals surface area (Å²) in [5, 5.41) is 11.6. The standard InChI is InChI=1S/C29H44O10/c1-7-15(2)25(33)39-24-20(32)12-21-27(6,22-11-19-8-9-34-26(19)38-22)16(3)10-23(37-18(5)31)28(21,13-35-17(4)30)29(24)14-36-29/h15-16,19-24,26,32H,7-14H2,1-6H3/t15?,16-,19?,20-,21?,22?,23+,24?,26?,27+,28+,29-/m1/s1. The second-order valence-electron chi connectivity index (χ2n) is 12.8. The Bertz CT molecular complexity index is 967. The first-order valence-corrected chi connectivity index (χ1v) is 14.5. The predicted molar refractivity (Wildman–Crippen MR) is 136 cm³/mol. The average molecular weight is 553 g/mol. The van der Waals surface area contributed by atoms with Gasteiger partial charge in [0, 0.05) is 25.2 Å². The lowest BCUT2D eigenvalue weighted by Gasteiger charge is -2.65. The highest BCUT2D eigenvalue weighted by atomic mass is 16.7. The van der Waals surface area contributed by atoms with Gasteiger partial charge in [0.1, 0.15) is 18.3 Å². The first-order chi connectivity index (χ1) is 18.4. The smallest absolute Gasteiger partial charge is 0.309 e. The first kappa shape index (κ1) is 28.8. The molecular formula is C29H44O10. The molecule has 10 heteroatoms. The van der Waals surface area contributed by atoms with Crippen LogP contribution in [0.4, 0.5) is 0 Å². The van der Waals surface area contributed by atoms with E-state index in [0.717, 1.165) is 12.8 Å². The highest BCUT2D eigenvalue weighted by Gasteiger charge is 2.81. The Kier molecular flexibility index (Phi) is 7.57. The fraction of sp³-hybridized carbons (Fsp3) is 0.897. The molecule has 39 heavy (non-hydrogen) atoms. The zero-order valence-corrected chi connectivity index (χ0v) is 24.0. The molecule has 0 amide bonds. The van der Waals surface area contributed by atoms with Gasteiger partial charge in [-0.1, -0.05) is 27.7 Å². The molecule has 3 heterocycles. The van der Waals surface area contributed by atoms with Crippen molar-refractivity contribution in [1.29, 1.82) is 0 Å². The number of ether oxygens (including phenoxy) is 6. The topological polar surface area (TPSA) is 130 Å². The van der Waals surface area contributed by atoms with Crippen LogP contribution in [0.5, 0.6) is 0 Å². The van der Waals surface area contributed by atoms with Crippen LogP contribution in [0, 0.1) is 34.5 Å². The lowest BCUT2D eigenvalue weighted by atomic mass is 9.41. The molecule has 10 nitrogen and oxygen atoms in total. The second-order valence-corrected chi connectivity index (χ2v) is 12.8. The number of carbonyl (C=O) groups is 3. The maximum absolute atomic E-state index is 13.0. The minimum atomic E-state index is -1.18. The van der Waals surface area contributed by atoms with E-state index in [4.69, 9.17) is 28.4 Å². The van der Waals surface area contributed by atoms with Gasteiger partial charge in [0.25, 0.3) is 0 Å². The van der Waals surface area contributed by atoms with E-state index in [9.17, 15) is 19.5 Å². The fourth-order valence-corrected chi connectivity index (χ4v) is 8.29. The number of aliphatic hydroxyl groups is 1. The Morgan fingerprint density at radius 1 is 1.10 bits per heavy atom. The van der Waals surface area contributed by atoms with Crippen LogP contribution in [0.3, 0.4) is 0 Å². The number of carbonyl (C=O) groups excluding carboxylic acids is 3. The van der Waals surface area contributed by atoms with Crippen molar-refractivity contribution in [2.24, 2.45) is 34.5 Å². The molecule has 2 saturated carbocycles. The molecule has 0 aromatic rings. The molecule has 0 aromatic heterocycles. The molecule has 6 unspecified atom stereocenters. The zero-order valence-electron chi connectivity index (χ0n) is 24.0. The van der Waals surface area contributed by atoms with Gasteiger partial charge < -0.3 is 33.5 Å².